The first-order valence-electron chi connectivity index (χ1n) is 8.50. The minimum atomic E-state index is -0.796. The molecule has 0 bridgehead atoms. The van der Waals surface area contributed by atoms with Gasteiger partial charge in [-0.05, 0) is 36.2 Å². The van der Waals surface area contributed by atoms with E-state index in [1.54, 1.807) is 20.3 Å². The number of nitrogens with one attached hydrogen (secondary N) is 1. The highest BCUT2D eigenvalue weighted by Crippen LogP contribution is 2.27. The molecule has 0 atom stereocenters. The number of phenolic OH excluding ortho intramolecular Hbond substituents is 1. The Labute approximate surface area is 163 Å². The summed E-state index contributed by atoms with van der Waals surface area (Å²) in [5.74, 6) is 0.126. The van der Waals surface area contributed by atoms with Gasteiger partial charge in [0.2, 0.25) is 0 Å². The smallest absolute Gasteiger partial charge is 0.342 e. The van der Waals surface area contributed by atoms with E-state index in [4.69, 9.17) is 18.9 Å². The maximum absolute atomic E-state index is 12.0. The number of rotatable bonds is 9. The fourth-order valence-corrected chi connectivity index (χ4v) is 2.45. The van der Waals surface area contributed by atoms with Crippen molar-refractivity contribution >= 4 is 11.9 Å². The Balaban J connectivity index is 1.79. The Morgan fingerprint density at radius 1 is 0.964 bits per heavy atom. The first kappa shape index (κ1) is 20.9. The fourth-order valence-electron chi connectivity index (χ4n) is 2.45. The van der Waals surface area contributed by atoms with E-state index in [-0.39, 0.29) is 11.3 Å². The third-order valence-electron chi connectivity index (χ3n) is 3.94. The van der Waals surface area contributed by atoms with Gasteiger partial charge in [-0.3, -0.25) is 4.79 Å². The number of hydrogen-bond donors (Lipinski definition) is 2. The molecule has 28 heavy (non-hydrogen) atoms. The summed E-state index contributed by atoms with van der Waals surface area (Å²) in [6.45, 7) is -0.0874. The molecule has 0 unspecified atom stereocenters. The Bertz CT molecular complexity index is 835. The summed E-state index contributed by atoms with van der Waals surface area (Å²) in [6.07, 6.45) is 0.569. The van der Waals surface area contributed by atoms with Crippen molar-refractivity contribution in [1.29, 1.82) is 0 Å². The van der Waals surface area contributed by atoms with Crippen LogP contribution in [0.4, 0.5) is 0 Å². The van der Waals surface area contributed by atoms with Crippen LogP contribution in [-0.2, 0) is 16.0 Å². The predicted molar refractivity (Wildman–Crippen MR) is 101 cm³/mol. The van der Waals surface area contributed by atoms with Crippen molar-refractivity contribution in [3.8, 4) is 23.0 Å². The molecule has 8 nitrogen and oxygen atoms in total. The van der Waals surface area contributed by atoms with Crippen LogP contribution in [0.5, 0.6) is 23.0 Å². The molecule has 0 aliphatic carbocycles. The molecule has 0 aliphatic heterocycles. The second-order valence-corrected chi connectivity index (χ2v) is 5.75. The Morgan fingerprint density at radius 3 is 2.36 bits per heavy atom. The lowest BCUT2D eigenvalue weighted by molar-refractivity contribution is -0.124. The number of ether oxygens (including phenoxy) is 4. The van der Waals surface area contributed by atoms with Gasteiger partial charge in [0.15, 0.2) is 18.1 Å². The molecule has 0 radical (unpaired) electrons. The SMILES string of the molecule is COc1ccc(C(=O)OCC(=O)NCCc2ccc(OC)c(OC)c2)c(O)c1. The van der Waals surface area contributed by atoms with Gasteiger partial charge in [0.25, 0.3) is 5.91 Å². The van der Waals surface area contributed by atoms with Crippen molar-refractivity contribution in [2.45, 2.75) is 6.42 Å². The molecule has 0 aromatic heterocycles. The Morgan fingerprint density at radius 2 is 1.71 bits per heavy atom. The maximum Gasteiger partial charge on any atom is 0.342 e. The van der Waals surface area contributed by atoms with Crippen LogP contribution >= 0.6 is 0 Å². The van der Waals surface area contributed by atoms with Crippen LogP contribution in [0.15, 0.2) is 36.4 Å². The summed E-state index contributed by atoms with van der Waals surface area (Å²) in [4.78, 5) is 23.8. The van der Waals surface area contributed by atoms with E-state index in [9.17, 15) is 14.7 Å². The van der Waals surface area contributed by atoms with Gasteiger partial charge in [0, 0.05) is 12.6 Å². The summed E-state index contributed by atoms with van der Waals surface area (Å²) in [7, 11) is 4.56. The number of benzene rings is 2. The number of esters is 1. The minimum Gasteiger partial charge on any atom is -0.507 e. The van der Waals surface area contributed by atoms with Crippen molar-refractivity contribution in [2.24, 2.45) is 0 Å². The molecule has 2 rings (SSSR count). The van der Waals surface area contributed by atoms with Crippen LogP contribution in [0.2, 0.25) is 0 Å². The van der Waals surface area contributed by atoms with E-state index in [1.807, 2.05) is 12.1 Å². The molecule has 0 saturated carbocycles. The van der Waals surface area contributed by atoms with Crippen LogP contribution in [0.25, 0.3) is 0 Å². The summed E-state index contributed by atoms with van der Waals surface area (Å²) in [6, 6.07) is 9.67. The summed E-state index contributed by atoms with van der Waals surface area (Å²) in [5.41, 5.74) is 0.914. The van der Waals surface area contributed by atoms with Gasteiger partial charge >= 0.3 is 5.97 Å². The lowest BCUT2D eigenvalue weighted by Crippen LogP contribution is -2.30. The molecular weight excluding hydrogens is 366 g/mol. The van der Waals surface area contributed by atoms with Gasteiger partial charge in [0.05, 0.1) is 21.3 Å². The van der Waals surface area contributed by atoms with Crippen molar-refractivity contribution < 1.29 is 33.6 Å². The van der Waals surface area contributed by atoms with Crippen molar-refractivity contribution in [3.63, 3.8) is 0 Å². The van der Waals surface area contributed by atoms with E-state index in [0.717, 1.165) is 5.56 Å². The summed E-state index contributed by atoms with van der Waals surface area (Å²) in [5, 5.41) is 12.5. The summed E-state index contributed by atoms with van der Waals surface area (Å²) < 4.78 is 20.3. The maximum atomic E-state index is 12.0. The van der Waals surface area contributed by atoms with Gasteiger partial charge in [-0.1, -0.05) is 6.07 Å². The number of hydrogen-bond acceptors (Lipinski definition) is 7. The highest BCUT2D eigenvalue weighted by Gasteiger charge is 2.15. The van der Waals surface area contributed by atoms with E-state index in [1.165, 1.54) is 25.3 Å². The van der Waals surface area contributed by atoms with E-state index in [2.05, 4.69) is 5.32 Å². The van der Waals surface area contributed by atoms with Gasteiger partial charge < -0.3 is 29.4 Å². The topological polar surface area (TPSA) is 103 Å². The molecule has 150 valence electrons. The average Bonchev–Trinajstić information content (AvgIpc) is 2.71. The van der Waals surface area contributed by atoms with Gasteiger partial charge in [-0.25, -0.2) is 4.79 Å². The Hall–Kier alpha value is -3.42. The minimum absolute atomic E-state index is 0.0427. The van der Waals surface area contributed by atoms with Crippen LogP contribution in [0, 0.1) is 0 Å². The third-order valence-corrected chi connectivity index (χ3v) is 3.94. The first-order valence-corrected chi connectivity index (χ1v) is 8.50. The van der Waals surface area contributed by atoms with Crippen LogP contribution < -0.4 is 19.5 Å². The molecule has 0 fully saturated rings. The summed E-state index contributed by atoms with van der Waals surface area (Å²) >= 11 is 0. The highest BCUT2D eigenvalue weighted by atomic mass is 16.5. The van der Waals surface area contributed by atoms with Crippen molar-refractivity contribution in [2.75, 3.05) is 34.5 Å². The van der Waals surface area contributed by atoms with E-state index < -0.39 is 18.5 Å². The third kappa shape index (κ3) is 5.54. The van der Waals surface area contributed by atoms with E-state index >= 15 is 0 Å². The standard InChI is InChI=1S/C20H23NO7/c1-25-14-5-6-15(16(22)11-14)20(24)28-12-19(23)21-9-8-13-4-7-17(26-2)18(10-13)27-3/h4-7,10-11,22H,8-9,12H2,1-3H3,(H,21,23). The van der Waals surface area contributed by atoms with Crippen molar-refractivity contribution in [1.82, 2.24) is 5.32 Å². The number of methoxy groups -OCH3 is 3. The lowest BCUT2D eigenvalue weighted by Gasteiger charge is -2.10. The molecule has 2 aromatic rings. The average molecular weight is 389 g/mol. The molecule has 0 aliphatic rings. The number of carbonyl (C=O) groups excluding carboxylic acids is 2. The fraction of sp³-hybridized carbons (Fsp3) is 0.300. The second-order valence-electron chi connectivity index (χ2n) is 5.75. The first-order chi connectivity index (χ1) is 13.5. The second kappa shape index (κ2) is 10.1. The van der Waals surface area contributed by atoms with Crippen LogP contribution in [-0.4, -0.2) is 51.5 Å². The zero-order chi connectivity index (χ0) is 20.5. The largest absolute Gasteiger partial charge is 0.507 e. The lowest BCUT2D eigenvalue weighted by atomic mass is 10.1. The normalized spacial score (nSPS) is 10.1. The molecule has 2 aromatic carbocycles. The molecule has 0 saturated heterocycles. The number of carbonyl (C=O) groups is 2. The van der Waals surface area contributed by atoms with Gasteiger partial charge in [-0.2, -0.15) is 0 Å². The van der Waals surface area contributed by atoms with Crippen molar-refractivity contribution in [3.05, 3.63) is 47.5 Å². The van der Waals surface area contributed by atoms with Gasteiger partial charge in [-0.15, -0.1) is 0 Å². The number of amides is 1. The quantitative estimate of drug-likeness (QED) is 0.632. The molecule has 0 heterocycles. The zero-order valence-electron chi connectivity index (χ0n) is 16.0. The molecule has 8 heteroatoms. The monoisotopic (exact) mass is 389 g/mol. The van der Waals surface area contributed by atoms with E-state index in [0.29, 0.717) is 30.2 Å². The van der Waals surface area contributed by atoms with Gasteiger partial charge in [0.1, 0.15) is 17.1 Å². The molecule has 1 amide bonds. The van der Waals surface area contributed by atoms with Crippen LogP contribution in [0.3, 0.4) is 0 Å². The molecule has 2 N–H and O–H groups in total. The predicted octanol–water partition coefficient (Wildman–Crippen LogP) is 1.93. The highest BCUT2D eigenvalue weighted by molar-refractivity contribution is 5.94. The Kier molecular flexibility index (Phi) is 7.50. The zero-order valence-corrected chi connectivity index (χ0v) is 16.0. The molecule has 0 spiro atoms. The van der Waals surface area contributed by atoms with Crippen LogP contribution in [0.1, 0.15) is 15.9 Å². The number of aromatic hydroxyl groups is 1. The molecular formula is C20H23NO7. The number of phenols is 1.